The molecule has 19 heavy (non-hydrogen) atoms. The molecule has 0 aliphatic heterocycles. The van der Waals surface area contributed by atoms with Crippen LogP contribution >= 0.6 is 27.5 Å². The second kappa shape index (κ2) is 6.04. The Morgan fingerprint density at radius 3 is 2.74 bits per heavy atom. The predicted octanol–water partition coefficient (Wildman–Crippen LogP) is 4.79. The number of aryl methyl sites for hydroxylation is 1. The van der Waals surface area contributed by atoms with Crippen molar-refractivity contribution >= 4 is 27.5 Å². The van der Waals surface area contributed by atoms with E-state index in [0.29, 0.717) is 15.9 Å². The van der Waals surface area contributed by atoms with E-state index in [1.165, 1.54) is 6.07 Å². The first kappa shape index (κ1) is 14.5. The first-order valence-electron chi connectivity index (χ1n) is 5.93. The lowest BCUT2D eigenvalue weighted by Gasteiger charge is -2.15. The minimum Gasteiger partial charge on any atom is -0.324 e. The molecule has 4 heteroatoms. The molecule has 0 radical (unpaired) electrons. The summed E-state index contributed by atoms with van der Waals surface area (Å²) in [7, 11) is 0. The van der Waals surface area contributed by atoms with Crippen molar-refractivity contribution in [2.75, 3.05) is 0 Å². The Hall–Kier alpha value is -0.900. The van der Waals surface area contributed by atoms with Crippen LogP contribution in [0.3, 0.4) is 0 Å². The summed E-state index contributed by atoms with van der Waals surface area (Å²) in [6.45, 7) is 1.98. The minimum absolute atomic E-state index is 0.258. The smallest absolute Gasteiger partial charge is 0.137 e. The molecule has 2 N–H and O–H groups in total. The third-order valence-electron chi connectivity index (χ3n) is 3.03. The van der Waals surface area contributed by atoms with Crippen LogP contribution in [0, 0.1) is 12.7 Å². The molecule has 2 aromatic rings. The standard InChI is InChI=1S/C15H14BrClFN/c1-9-5-6-11(12(17)7-9)14(19)8-10-3-2-4-13(18)15(10)16/h2-7,14H,8,19H2,1H3. The van der Waals surface area contributed by atoms with Crippen LogP contribution < -0.4 is 5.73 Å². The molecule has 0 aliphatic rings. The fourth-order valence-corrected chi connectivity index (χ4v) is 2.79. The van der Waals surface area contributed by atoms with Crippen molar-refractivity contribution in [3.05, 3.63) is 68.4 Å². The molecule has 1 nitrogen and oxygen atoms in total. The summed E-state index contributed by atoms with van der Waals surface area (Å²) < 4.78 is 13.9. The van der Waals surface area contributed by atoms with E-state index in [1.54, 1.807) is 6.07 Å². The quantitative estimate of drug-likeness (QED) is 0.852. The molecule has 0 aromatic heterocycles. The summed E-state index contributed by atoms with van der Waals surface area (Å²) >= 11 is 9.44. The van der Waals surface area contributed by atoms with Crippen molar-refractivity contribution in [2.24, 2.45) is 5.73 Å². The topological polar surface area (TPSA) is 26.0 Å². The van der Waals surface area contributed by atoms with Crippen LogP contribution in [0.4, 0.5) is 4.39 Å². The van der Waals surface area contributed by atoms with E-state index in [0.717, 1.165) is 16.7 Å². The van der Waals surface area contributed by atoms with Crippen molar-refractivity contribution in [1.82, 2.24) is 0 Å². The van der Waals surface area contributed by atoms with E-state index in [1.807, 2.05) is 31.2 Å². The molecule has 0 bridgehead atoms. The number of nitrogens with two attached hydrogens (primary N) is 1. The third-order valence-corrected chi connectivity index (χ3v) is 4.24. The SMILES string of the molecule is Cc1ccc(C(N)Cc2cccc(F)c2Br)c(Cl)c1. The summed E-state index contributed by atoms with van der Waals surface area (Å²) in [6, 6.07) is 10.5. The molecule has 0 spiro atoms. The maximum absolute atomic E-state index is 13.5. The van der Waals surface area contributed by atoms with Gasteiger partial charge < -0.3 is 5.73 Å². The molecule has 2 aromatic carbocycles. The summed E-state index contributed by atoms with van der Waals surface area (Å²) in [5.41, 5.74) is 8.98. The Morgan fingerprint density at radius 2 is 2.05 bits per heavy atom. The maximum Gasteiger partial charge on any atom is 0.137 e. The van der Waals surface area contributed by atoms with Gasteiger partial charge in [-0.25, -0.2) is 4.39 Å². The van der Waals surface area contributed by atoms with Crippen LogP contribution in [0.5, 0.6) is 0 Å². The van der Waals surface area contributed by atoms with E-state index in [2.05, 4.69) is 15.9 Å². The molecular weight excluding hydrogens is 329 g/mol. The lowest BCUT2D eigenvalue weighted by molar-refractivity contribution is 0.614. The predicted molar refractivity (Wildman–Crippen MR) is 80.9 cm³/mol. The lowest BCUT2D eigenvalue weighted by atomic mass is 9.98. The molecular formula is C15H14BrClFN. The molecule has 1 atom stereocenters. The van der Waals surface area contributed by atoms with E-state index in [-0.39, 0.29) is 11.9 Å². The van der Waals surface area contributed by atoms with Gasteiger partial charge in [-0.3, -0.25) is 0 Å². The van der Waals surface area contributed by atoms with Crippen molar-refractivity contribution in [3.63, 3.8) is 0 Å². The van der Waals surface area contributed by atoms with Crippen molar-refractivity contribution in [3.8, 4) is 0 Å². The molecule has 0 saturated heterocycles. The Kier molecular flexibility index (Phi) is 4.61. The average molecular weight is 343 g/mol. The van der Waals surface area contributed by atoms with Gasteiger partial charge >= 0.3 is 0 Å². The summed E-state index contributed by atoms with van der Waals surface area (Å²) in [4.78, 5) is 0. The molecule has 0 heterocycles. The highest BCUT2D eigenvalue weighted by Gasteiger charge is 2.14. The second-order valence-electron chi connectivity index (χ2n) is 4.55. The van der Waals surface area contributed by atoms with Crippen LogP contribution in [0.1, 0.15) is 22.7 Å². The first-order chi connectivity index (χ1) is 8.99. The number of hydrogen-bond donors (Lipinski definition) is 1. The second-order valence-corrected chi connectivity index (χ2v) is 5.75. The van der Waals surface area contributed by atoms with E-state index in [4.69, 9.17) is 17.3 Å². The molecule has 0 aliphatic carbocycles. The molecule has 0 fully saturated rings. The van der Waals surface area contributed by atoms with Crippen LogP contribution in [0.15, 0.2) is 40.9 Å². The molecule has 100 valence electrons. The van der Waals surface area contributed by atoms with Gasteiger partial charge in [-0.2, -0.15) is 0 Å². The number of rotatable bonds is 3. The highest BCUT2D eigenvalue weighted by atomic mass is 79.9. The van der Waals surface area contributed by atoms with Gasteiger partial charge in [0.25, 0.3) is 0 Å². The Morgan fingerprint density at radius 1 is 1.32 bits per heavy atom. The third kappa shape index (κ3) is 3.35. The lowest BCUT2D eigenvalue weighted by Crippen LogP contribution is -2.14. The number of benzene rings is 2. The summed E-state index contributed by atoms with van der Waals surface area (Å²) in [5, 5.41) is 0.653. The highest BCUT2D eigenvalue weighted by molar-refractivity contribution is 9.10. The highest BCUT2D eigenvalue weighted by Crippen LogP contribution is 2.28. The Balaban J connectivity index is 2.25. The monoisotopic (exact) mass is 341 g/mol. The normalized spacial score (nSPS) is 12.5. The zero-order chi connectivity index (χ0) is 14.0. The zero-order valence-corrected chi connectivity index (χ0v) is 12.8. The first-order valence-corrected chi connectivity index (χ1v) is 7.10. The number of hydrogen-bond acceptors (Lipinski definition) is 1. The fraction of sp³-hybridized carbons (Fsp3) is 0.200. The van der Waals surface area contributed by atoms with Crippen molar-refractivity contribution in [2.45, 2.75) is 19.4 Å². The van der Waals surface area contributed by atoms with Crippen LogP contribution in [-0.2, 0) is 6.42 Å². The van der Waals surface area contributed by atoms with Crippen LogP contribution in [0.25, 0.3) is 0 Å². The summed E-state index contributed by atoms with van der Waals surface area (Å²) in [6.07, 6.45) is 0.529. The van der Waals surface area contributed by atoms with Gasteiger partial charge in [0, 0.05) is 11.1 Å². The largest absolute Gasteiger partial charge is 0.324 e. The summed E-state index contributed by atoms with van der Waals surface area (Å²) in [5.74, 6) is -0.278. The molecule has 1 unspecified atom stereocenters. The van der Waals surface area contributed by atoms with Crippen molar-refractivity contribution in [1.29, 1.82) is 0 Å². The van der Waals surface area contributed by atoms with E-state index < -0.39 is 0 Å². The van der Waals surface area contributed by atoms with Crippen LogP contribution in [0.2, 0.25) is 5.02 Å². The maximum atomic E-state index is 13.5. The minimum atomic E-state index is -0.278. The van der Waals surface area contributed by atoms with E-state index in [9.17, 15) is 4.39 Å². The molecule has 2 rings (SSSR count). The zero-order valence-electron chi connectivity index (χ0n) is 10.5. The number of halogens is 3. The Labute approximate surface area is 125 Å². The van der Waals surface area contributed by atoms with Gasteiger partial charge in [0.2, 0.25) is 0 Å². The van der Waals surface area contributed by atoms with Crippen LogP contribution in [-0.4, -0.2) is 0 Å². The average Bonchev–Trinajstić information content (AvgIpc) is 2.34. The van der Waals surface area contributed by atoms with Gasteiger partial charge in [0.05, 0.1) is 4.47 Å². The van der Waals surface area contributed by atoms with Gasteiger partial charge in [-0.1, -0.05) is 35.9 Å². The van der Waals surface area contributed by atoms with Gasteiger partial charge in [0.15, 0.2) is 0 Å². The molecule has 0 saturated carbocycles. The van der Waals surface area contributed by atoms with E-state index >= 15 is 0 Å². The van der Waals surface area contributed by atoms with Gasteiger partial charge in [0.1, 0.15) is 5.82 Å². The van der Waals surface area contributed by atoms with Crippen molar-refractivity contribution < 1.29 is 4.39 Å². The van der Waals surface area contributed by atoms with Gasteiger partial charge in [-0.05, 0) is 58.1 Å². The molecule has 0 amide bonds. The Bertz CT molecular complexity index is 601. The fourth-order valence-electron chi connectivity index (χ4n) is 1.99. The van der Waals surface area contributed by atoms with Gasteiger partial charge in [-0.15, -0.1) is 0 Å².